The number of amides is 2. The number of nitrogens with one attached hydrogen (secondary N) is 1. The van der Waals surface area contributed by atoms with Crippen LogP contribution in [0.1, 0.15) is 21.5 Å². The van der Waals surface area contributed by atoms with Crippen molar-refractivity contribution < 1.29 is 46.9 Å². The van der Waals surface area contributed by atoms with Gasteiger partial charge in [0.15, 0.2) is 0 Å². The number of esters is 1. The number of halogens is 4. The first-order valence-electron chi connectivity index (χ1n) is 9.75. The van der Waals surface area contributed by atoms with Crippen molar-refractivity contribution >= 4 is 41.0 Å². The van der Waals surface area contributed by atoms with Crippen molar-refractivity contribution in [2.24, 2.45) is 5.10 Å². The molecule has 1 aliphatic heterocycles. The summed E-state index contributed by atoms with van der Waals surface area (Å²) in [5, 5.41) is 17.5. The van der Waals surface area contributed by atoms with Gasteiger partial charge in [0.05, 0.1) is 18.4 Å². The average Bonchev–Trinajstić information content (AvgIpc) is 3.12. The Kier molecular flexibility index (Phi) is 6.07. The van der Waals surface area contributed by atoms with Gasteiger partial charge in [-0.2, -0.15) is 10.1 Å². The van der Waals surface area contributed by atoms with Crippen LogP contribution in [0.25, 0.3) is 0 Å². The molecule has 2 aromatic carbocycles. The van der Waals surface area contributed by atoms with Gasteiger partial charge in [0.1, 0.15) is 18.2 Å². The van der Waals surface area contributed by atoms with E-state index in [9.17, 15) is 32.7 Å². The van der Waals surface area contributed by atoms with Crippen LogP contribution in [-0.2, 0) is 20.7 Å². The predicted octanol–water partition coefficient (Wildman–Crippen LogP) is 3.63. The molecular formula is C21H15ClF3N3O7. The smallest absolute Gasteiger partial charge is 0.479 e. The van der Waals surface area contributed by atoms with Gasteiger partial charge in [-0.3, -0.25) is 0 Å². The highest BCUT2D eigenvalue weighted by Gasteiger charge is 2.54. The van der Waals surface area contributed by atoms with Crippen molar-refractivity contribution in [1.82, 2.24) is 5.01 Å². The molecule has 1 heterocycles. The summed E-state index contributed by atoms with van der Waals surface area (Å²) in [7, 11) is 1.00. The molecule has 0 saturated carbocycles. The fourth-order valence-electron chi connectivity index (χ4n) is 3.71. The number of carbonyl (C=O) groups is 3. The first kappa shape index (κ1) is 24.3. The lowest BCUT2D eigenvalue weighted by Crippen LogP contribution is -2.54. The van der Waals surface area contributed by atoms with Crippen LogP contribution in [0.5, 0.6) is 5.75 Å². The summed E-state index contributed by atoms with van der Waals surface area (Å²) in [5.41, 5.74) is -1.48. The van der Waals surface area contributed by atoms with Gasteiger partial charge in [0, 0.05) is 17.0 Å². The van der Waals surface area contributed by atoms with E-state index in [1.165, 1.54) is 6.07 Å². The van der Waals surface area contributed by atoms with Gasteiger partial charge in [0.25, 0.3) is 0 Å². The zero-order valence-electron chi connectivity index (χ0n) is 17.7. The molecule has 0 aromatic heterocycles. The van der Waals surface area contributed by atoms with Crippen LogP contribution < -0.4 is 10.1 Å². The van der Waals surface area contributed by atoms with E-state index in [2.05, 4.69) is 19.9 Å². The van der Waals surface area contributed by atoms with Gasteiger partial charge in [-0.25, -0.2) is 14.4 Å². The molecule has 10 nitrogen and oxygen atoms in total. The lowest BCUT2D eigenvalue weighted by atomic mass is 9.98. The number of hydrazone groups is 1. The number of ether oxygens (including phenoxy) is 3. The van der Waals surface area contributed by atoms with Crippen molar-refractivity contribution in [2.75, 3.05) is 19.2 Å². The fourth-order valence-corrected chi connectivity index (χ4v) is 3.91. The van der Waals surface area contributed by atoms with Gasteiger partial charge >= 0.3 is 24.3 Å². The number of carboxylic acid groups (broad SMARTS) is 1. The number of nitrogens with zero attached hydrogens (tertiary/aromatic N) is 2. The zero-order valence-corrected chi connectivity index (χ0v) is 18.4. The van der Waals surface area contributed by atoms with E-state index in [-0.39, 0.29) is 17.8 Å². The normalized spacial score (nSPS) is 18.8. The third kappa shape index (κ3) is 4.59. The monoisotopic (exact) mass is 513 g/mol. The zero-order chi connectivity index (χ0) is 25.5. The number of alkyl halides is 3. The number of benzene rings is 2. The minimum Gasteiger partial charge on any atom is -0.479 e. The van der Waals surface area contributed by atoms with E-state index in [0.29, 0.717) is 16.1 Å². The van der Waals surface area contributed by atoms with Crippen LogP contribution in [0, 0.1) is 0 Å². The second-order valence-electron chi connectivity index (χ2n) is 7.41. The molecule has 1 aliphatic carbocycles. The summed E-state index contributed by atoms with van der Waals surface area (Å²) in [5.74, 6) is -3.05. The Morgan fingerprint density at radius 2 is 1.97 bits per heavy atom. The molecule has 0 spiro atoms. The number of anilines is 1. The number of urea groups is 1. The minimum absolute atomic E-state index is 0.0276. The molecule has 1 atom stereocenters. The number of carbonyl (C=O) groups excluding carboxylic acids is 2. The first-order valence-corrected chi connectivity index (χ1v) is 10.1. The maximum atomic E-state index is 12.9. The summed E-state index contributed by atoms with van der Waals surface area (Å²) in [6.07, 6.45) is -5.06. The van der Waals surface area contributed by atoms with E-state index < -0.39 is 48.0 Å². The van der Waals surface area contributed by atoms with E-state index >= 15 is 0 Å². The Morgan fingerprint density at radius 1 is 1.23 bits per heavy atom. The van der Waals surface area contributed by atoms with Crippen molar-refractivity contribution in [3.05, 3.63) is 58.1 Å². The highest BCUT2D eigenvalue weighted by atomic mass is 35.5. The predicted molar refractivity (Wildman–Crippen MR) is 113 cm³/mol. The van der Waals surface area contributed by atoms with E-state index in [0.717, 1.165) is 30.3 Å². The molecular weight excluding hydrogens is 499 g/mol. The highest BCUT2D eigenvalue weighted by Crippen LogP contribution is 2.38. The molecule has 35 heavy (non-hydrogen) atoms. The van der Waals surface area contributed by atoms with Crippen LogP contribution in [-0.4, -0.2) is 59.6 Å². The number of aliphatic carboxylic acids is 1. The second-order valence-corrected chi connectivity index (χ2v) is 7.85. The molecule has 2 amide bonds. The van der Waals surface area contributed by atoms with Crippen molar-refractivity contribution in [3.63, 3.8) is 0 Å². The Hall–Kier alpha value is -3.84. The quantitative estimate of drug-likeness (QED) is 0.598. The molecule has 4 rings (SSSR count). The third-order valence-corrected chi connectivity index (χ3v) is 5.48. The third-order valence-electron chi connectivity index (χ3n) is 5.25. The van der Waals surface area contributed by atoms with Crippen molar-refractivity contribution in [2.45, 2.75) is 18.4 Å². The molecule has 2 aromatic rings. The van der Waals surface area contributed by atoms with E-state index in [1.54, 1.807) is 12.1 Å². The topological polar surface area (TPSA) is 127 Å². The molecule has 0 radical (unpaired) electrons. The minimum atomic E-state index is -5.00. The number of rotatable bonds is 4. The summed E-state index contributed by atoms with van der Waals surface area (Å²) >= 11 is 6.00. The number of fused-ring (bicyclic) bond motifs is 3. The number of methoxy groups -OCH3 is 1. The summed E-state index contributed by atoms with van der Waals surface area (Å²) in [6, 6.07) is 6.36. The summed E-state index contributed by atoms with van der Waals surface area (Å²) < 4.78 is 51.6. The Balaban J connectivity index is 1.65. The molecule has 2 aliphatic rings. The molecule has 0 fully saturated rings. The molecule has 184 valence electrons. The first-order chi connectivity index (χ1) is 16.4. The molecule has 14 heteroatoms. The average molecular weight is 514 g/mol. The Morgan fingerprint density at radius 3 is 2.63 bits per heavy atom. The fraction of sp³-hybridized carbons (Fsp3) is 0.238. The van der Waals surface area contributed by atoms with Gasteiger partial charge in [0.2, 0.25) is 5.60 Å². The number of hydrogen-bond acceptors (Lipinski definition) is 7. The number of carboxylic acids is 1. The van der Waals surface area contributed by atoms with Gasteiger partial charge in [-0.05, 0) is 35.9 Å². The molecule has 1 unspecified atom stereocenters. The largest absolute Gasteiger partial charge is 0.573 e. The number of hydrogen-bond donors (Lipinski definition) is 2. The summed E-state index contributed by atoms with van der Waals surface area (Å²) in [6.45, 7) is -0.563. The van der Waals surface area contributed by atoms with Crippen LogP contribution in [0.4, 0.5) is 23.7 Å². The van der Waals surface area contributed by atoms with Crippen LogP contribution in [0.15, 0.2) is 41.5 Å². The lowest BCUT2D eigenvalue weighted by molar-refractivity contribution is -0.274. The van der Waals surface area contributed by atoms with Crippen LogP contribution >= 0.6 is 11.6 Å². The molecule has 0 bridgehead atoms. The van der Waals surface area contributed by atoms with Crippen LogP contribution in [0.2, 0.25) is 5.02 Å². The maximum absolute atomic E-state index is 12.9. The van der Waals surface area contributed by atoms with Crippen molar-refractivity contribution in [1.29, 1.82) is 0 Å². The van der Waals surface area contributed by atoms with Gasteiger partial charge < -0.3 is 24.6 Å². The summed E-state index contributed by atoms with van der Waals surface area (Å²) in [4.78, 5) is 37.0. The van der Waals surface area contributed by atoms with Gasteiger partial charge in [-0.1, -0.05) is 17.7 Å². The van der Waals surface area contributed by atoms with Crippen LogP contribution in [0.3, 0.4) is 0 Å². The maximum Gasteiger partial charge on any atom is 0.573 e. The Bertz CT molecular complexity index is 1270. The van der Waals surface area contributed by atoms with Gasteiger partial charge in [-0.15, -0.1) is 13.2 Å². The van der Waals surface area contributed by atoms with Crippen molar-refractivity contribution in [3.8, 4) is 5.75 Å². The lowest BCUT2D eigenvalue weighted by Gasteiger charge is -2.33. The molecule has 0 saturated heterocycles. The SMILES string of the molecule is COC(=O)c1cc(OC(F)(F)F)ccc1NC(=O)N1COC2(C(=O)O)Cc3cc(Cl)ccc3C2=N1. The van der Waals surface area contributed by atoms with E-state index in [1.807, 2.05) is 0 Å². The Labute approximate surface area is 199 Å². The highest BCUT2D eigenvalue weighted by molar-refractivity contribution is 6.31. The molecule has 2 N–H and O–H groups in total. The van der Waals surface area contributed by atoms with E-state index in [4.69, 9.17) is 16.3 Å². The second kappa shape index (κ2) is 8.74. The standard InChI is InChI=1S/C21H15ClF3N3O7/c1-33-17(29)14-7-12(35-21(23,24)25)3-5-15(14)26-19(32)28-9-34-20(18(30)31)8-10-6-11(22)2-4-13(10)16(20)27-28/h2-7H,8-9H2,1H3,(H,26,32)(H,30,31).